The van der Waals surface area contributed by atoms with Gasteiger partial charge in [-0.15, -0.1) is 0 Å². The number of amides is 1. The van der Waals surface area contributed by atoms with E-state index in [1.165, 1.54) is 0 Å². The van der Waals surface area contributed by atoms with Crippen LogP contribution in [-0.4, -0.2) is 53.1 Å². The molecule has 162 valence electrons. The predicted octanol–water partition coefficient (Wildman–Crippen LogP) is 3.00. The molecule has 1 atom stereocenters. The van der Waals surface area contributed by atoms with Gasteiger partial charge < -0.3 is 18.9 Å². The molecule has 1 saturated heterocycles. The molecule has 3 rings (SSSR count). The monoisotopic (exact) mass is 413 g/mol. The topological polar surface area (TPSA) is 73.7 Å². The van der Waals surface area contributed by atoms with Gasteiger partial charge in [-0.05, 0) is 50.8 Å². The highest BCUT2D eigenvalue weighted by atomic mass is 16.5. The molecule has 1 aromatic heterocycles. The van der Waals surface area contributed by atoms with E-state index in [4.69, 9.17) is 9.47 Å². The Morgan fingerprint density at radius 1 is 1.30 bits per heavy atom. The van der Waals surface area contributed by atoms with Crippen molar-refractivity contribution in [2.45, 2.75) is 46.1 Å². The Kier molecular flexibility index (Phi) is 7.13. The number of carbonyl (C=O) groups excluding carboxylic acids is 2. The number of esters is 1. The van der Waals surface area contributed by atoms with Crippen molar-refractivity contribution >= 4 is 11.9 Å². The number of carbonyl (C=O) groups is 2. The fourth-order valence-corrected chi connectivity index (χ4v) is 4.20. The van der Waals surface area contributed by atoms with Crippen molar-refractivity contribution in [3.8, 4) is 5.75 Å². The van der Waals surface area contributed by atoms with Gasteiger partial charge in [-0.25, -0.2) is 4.98 Å². The third-order valence-electron chi connectivity index (χ3n) is 5.80. The number of imidazole rings is 1. The van der Waals surface area contributed by atoms with Crippen LogP contribution in [0.2, 0.25) is 0 Å². The highest BCUT2D eigenvalue weighted by Crippen LogP contribution is 2.36. The molecule has 30 heavy (non-hydrogen) atoms. The van der Waals surface area contributed by atoms with Gasteiger partial charge in [0.25, 0.3) is 0 Å². The minimum absolute atomic E-state index is 0.0575. The Morgan fingerprint density at radius 2 is 2.13 bits per heavy atom. The zero-order valence-electron chi connectivity index (χ0n) is 18.1. The molecule has 0 aliphatic carbocycles. The molecule has 0 N–H and O–H groups in total. The van der Waals surface area contributed by atoms with Gasteiger partial charge >= 0.3 is 5.97 Å². The van der Waals surface area contributed by atoms with Gasteiger partial charge in [0.2, 0.25) is 5.91 Å². The van der Waals surface area contributed by atoms with Crippen LogP contribution in [0.3, 0.4) is 0 Å². The normalized spacial score (nSPS) is 18.8. The Balaban J connectivity index is 1.75. The lowest BCUT2D eigenvalue weighted by Crippen LogP contribution is -2.51. The Hall–Kier alpha value is -2.83. The molecule has 1 fully saturated rings. The van der Waals surface area contributed by atoms with E-state index >= 15 is 0 Å². The van der Waals surface area contributed by atoms with Crippen molar-refractivity contribution in [3.63, 3.8) is 0 Å². The largest absolute Gasteiger partial charge is 0.497 e. The average Bonchev–Trinajstić information content (AvgIpc) is 3.17. The first kappa shape index (κ1) is 21.9. The standard InChI is InChI=1S/C23H31N3O4/c1-4-30-22(28)23(16-19-7-5-8-20(15-19)29-3)10-6-12-26(17-23)21(27)9-13-25-14-11-24-18(25)2/h5,7-8,11,14-15H,4,6,9-10,12-13,16-17H2,1-3H3. The van der Waals surface area contributed by atoms with Crippen LogP contribution in [0.4, 0.5) is 0 Å². The van der Waals surface area contributed by atoms with Crippen molar-refractivity contribution < 1.29 is 19.1 Å². The molecule has 0 saturated carbocycles. The lowest BCUT2D eigenvalue weighted by Gasteiger charge is -2.41. The third-order valence-corrected chi connectivity index (χ3v) is 5.80. The molecule has 7 nitrogen and oxygen atoms in total. The second kappa shape index (κ2) is 9.78. The van der Waals surface area contributed by atoms with Crippen molar-refractivity contribution in [3.05, 3.63) is 48.0 Å². The zero-order chi connectivity index (χ0) is 21.6. The summed E-state index contributed by atoms with van der Waals surface area (Å²) in [4.78, 5) is 32.0. The van der Waals surface area contributed by atoms with Gasteiger partial charge in [0.05, 0.1) is 19.1 Å². The van der Waals surface area contributed by atoms with Gasteiger partial charge in [-0.2, -0.15) is 0 Å². The van der Waals surface area contributed by atoms with E-state index in [-0.39, 0.29) is 11.9 Å². The number of rotatable bonds is 8. The number of likely N-dealkylation sites (tertiary alicyclic amines) is 1. The summed E-state index contributed by atoms with van der Waals surface area (Å²) in [5, 5.41) is 0. The first-order chi connectivity index (χ1) is 14.5. The maximum Gasteiger partial charge on any atom is 0.314 e. The minimum atomic E-state index is -0.735. The molecule has 0 spiro atoms. The van der Waals surface area contributed by atoms with Crippen LogP contribution in [0, 0.1) is 12.3 Å². The first-order valence-corrected chi connectivity index (χ1v) is 10.5. The van der Waals surface area contributed by atoms with E-state index in [1.54, 1.807) is 13.3 Å². The van der Waals surface area contributed by atoms with Crippen LogP contribution in [0.5, 0.6) is 5.75 Å². The summed E-state index contributed by atoms with van der Waals surface area (Å²) in [5.74, 6) is 1.48. The molecule has 0 radical (unpaired) electrons. The number of hydrogen-bond acceptors (Lipinski definition) is 5. The highest BCUT2D eigenvalue weighted by molar-refractivity contribution is 5.81. The number of piperidine rings is 1. The molecule has 1 unspecified atom stereocenters. The first-order valence-electron chi connectivity index (χ1n) is 10.5. The van der Waals surface area contributed by atoms with E-state index in [1.807, 2.05) is 53.8 Å². The van der Waals surface area contributed by atoms with Gasteiger partial charge in [0, 0.05) is 38.4 Å². The second-order valence-corrected chi connectivity index (χ2v) is 7.87. The van der Waals surface area contributed by atoms with E-state index in [2.05, 4.69) is 4.98 Å². The molecule has 2 aromatic rings. The summed E-state index contributed by atoms with van der Waals surface area (Å²) in [6, 6.07) is 7.75. The summed E-state index contributed by atoms with van der Waals surface area (Å²) >= 11 is 0. The number of aryl methyl sites for hydroxylation is 2. The molecule has 2 heterocycles. The summed E-state index contributed by atoms with van der Waals surface area (Å²) in [7, 11) is 1.63. The smallest absolute Gasteiger partial charge is 0.314 e. The minimum Gasteiger partial charge on any atom is -0.497 e. The van der Waals surface area contributed by atoms with Crippen molar-refractivity contribution in [1.82, 2.24) is 14.5 Å². The quantitative estimate of drug-likeness (QED) is 0.622. The molecule has 7 heteroatoms. The van der Waals surface area contributed by atoms with Crippen LogP contribution in [0.1, 0.15) is 37.6 Å². The number of hydrogen-bond donors (Lipinski definition) is 0. The molecule has 1 aliphatic rings. The van der Waals surface area contributed by atoms with Gasteiger partial charge in [0.1, 0.15) is 11.6 Å². The van der Waals surface area contributed by atoms with Crippen LogP contribution in [-0.2, 0) is 27.3 Å². The van der Waals surface area contributed by atoms with Crippen LogP contribution < -0.4 is 4.74 Å². The summed E-state index contributed by atoms with van der Waals surface area (Å²) in [6.45, 7) is 5.70. The molecular weight excluding hydrogens is 382 g/mol. The van der Waals surface area contributed by atoms with Crippen molar-refractivity contribution in [1.29, 1.82) is 0 Å². The van der Waals surface area contributed by atoms with Crippen LogP contribution >= 0.6 is 0 Å². The van der Waals surface area contributed by atoms with Gasteiger partial charge in [-0.3, -0.25) is 9.59 Å². The Labute approximate surface area is 178 Å². The average molecular weight is 414 g/mol. The van der Waals surface area contributed by atoms with Crippen LogP contribution in [0.25, 0.3) is 0 Å². The number of ether oxygens (including phenoxy) is 2. The molecule has 1 aromatic carbocycles. The third kappa shape index (κ3) is 5.01. The van der Waals surface area contributed by atoms with Crippen LogP contribution in [0.15, 0.2) is 36.7 Å². The highest BCUT2D eigenvalue weighted by Gasteiger charge is 2.44. The lowest BCUT2D eigenvalue weighted by molar-refractivity contribution is -0.160. The Bertz CT molecular complexity index is 879. The number of benzene rings is 1. The van der Waals surface area contributed by atoms with Crippen molar-refractivity contribution in [2.24, 2.45) is 5.41 Å². The fourth-order valence-electron chi connectivity index (χ4n) is 4.20. The predicted molar refractivity (Wildman–Crippen MR) is 113 cm³/mol. The summed E-state index contributed by atoms with van der Waals surface area (Å²) in [5.41, 5.74) is 0.270. The Morgan fingerprint density at radius 3 is 2.83 bits per heavy atom. The van der Waals surface area contributed by atoms with E-state index in [0.29, 0.717) is 45.5 Å². The molecule has 1 aliphatic heterocycles. The summed E-state index contributed by atoms with van der Waals surface area (Å²) < 4.78 is 12.8. The number of aromatic nitrogens is 2. The maximum absolute atomic E-state index is 13.0. The molecular formula is C23H31N3O4. The van der Waals surface area contributed by atoms with E-state index < -0.39 is 5.41 Å². The van der Waals surface area contributed by atoms with E-state index in [0.717, 1.165) is 23.6 Å². The fraction of sp³-hybridized carbons (Fsp3) is 0.522. The molecule has 1 amide bonds. The molecule has 0 bridgehead atoms. The second-order valence-electron chi connectivity index (χ2n) is 7.87. The number of methoxy groups -OCH3 is 1. The van der Waals surface area contributed by atoms with Crippen molar-refractivity contribution in [2.75, 3.05) is 26.8 Å². The number of nitrogens with zero attached hydrogens (tertiary/aromatic N) is 3. The SMILES string of the molecule is CCOC(=O)C1(Cc2cccc(OC)c2)CCCN(C(=O)CCn2ccnc2C)C1. The zero-order valence-corrected chi connectivity index (χ0v) is 18.1. The van der Waals surface area contributed by atoms with E-state index in [9.17, 15) is 9.59 Å². The van der Waals surface area contributed by atoms with Gasteiger partial charge in [0.15, 0.2) is 0 Å². The maximum atomic E-state index is 13.0. The lowest BCUT2D eigenvalue weighted by atomic mass is 9.75. The summed E-state index contributed by atoms with van der Waals surface area (Å²) in [6.07, 6.45) is 6.00. The van der Waals surface area contributed by atoms with Gasteiger partial charge in [-0.1, -0.05) is 12.1 Å².